The van der Waals surface area contributed by atoms with Crippen LogP contribution in [0.4, 0.5) is 16.2 Å². The van der Waals surface area contributed by atoms with Crippen LogP contribution < -0.4 is 10.3 Å². The summed E-state index contributed by atoms with van der Waals surface area (Å²) in [7, 11) is 0. The molecule has 2 amide bonds. The first kappa shape index (κ1) is 20.5. The first-order valence-corrected chi connectivity index (χ1v) is 9.37. The summed E-state index contributed by atoms with van der Waals surface area (Å²) >= 11 is 0. The summed E-state index contributed by atoms with van der Waals surface area (Å²) in [6.07, 6.45) is -0.315. The number of amides is 2. The molecule has 0 bridgehead atoms. The van der Waals surface area contributed by atoms with Gasteiger partial charge in [-0.15, -0.1) is 0 Å². The molecule has 2 heterocycles. The minimum absolute atomic E-state index is 0.0701. The predicted octanol–water partition coefficient (Wildman–Crippen LogP) is 0.706. The van der Waals surface area contributed by atoms with Gasteiger partial charge >= 0.3 is 6.09 Å². The van der Waals surface area contributed by atoms with Gasteiger partial charge in [0, 0.05) is 50.1 Å². The van der Waals surface area contributed by atoms with E-state index in [0.29, 0.717) is 49.7 Å². The molecule has 11 heteroatoms. The molecule has 2 aliphatic heterocycles. The zero-order valence-electron chi connectivity index (χ0n) is 16.0. The van der Waals surface area contributed by atoms with Crippen LogP contribution >= 0.6 is 0 Å². The van der Waals surface area contributed by atoms with Crippen molar-refractivity contribution < 1.29 is 24.4 Å². The number of benzene rings is 1. The van der Waals surface area contributed by atoms with E-state index >= 15 is 0 Å². The number of nitro groups is 1. The van der Waals surface area contributed by atoms with Crippen LogP contribution in [0, 0.1) is 16.0 Å². The van der Waals surface area contributed by atoms with Crippen LogP contribution in [-0.2, 0) is 9.53 Å². The molecule has 1 unspecified atom stereocenters. The van der Waals surface area contributed by atoms with Crippen LogP contribution in [0.5, 0.6) is 0 Å². The molecule has 1 aromatic carbocycles. The Morgan fingerprint density at radius 2 is 2.10 bits per heavy atom. The maximum Gasteiger partial charge on any atom is 0.409 e. The third-order valence-electron chi connectivity index (χ3n) is 4.95. The molecule has 1 saturated heterocycles. The summed E-state index contributed by atoms with van der Waals surface area (Å²) in [6.45, 7) is 3.45. The summed E-state index contributed by atoms with van der Waals surface area (Å²) in [6, 6.07) is 4.74. The summed E-state index contributed by atoms with van der Waals surface area (Å²) in [5.74, 6) is -0.819. The van der Waals surface area contributed by atoms with E-state index in [1.807, 2.05) is 4.90 Å². The molecule has 2 N–H and O–H groups in total. The highest BCUT2D eigenvalue weighted by atomic mass is 16.6. The number of hydrazone groups is 1. The first-order chi connectivity index (χ1) is 13.9. The maximum atomic E-state index is 11.8. The lowest BCUT2D eigenvalue weighted by Gasteiger charge is -2.35. The van der Waals surface area contributed by atoms with Crippen molar-refractivity contribution in [2.45, 2.75) is 13.3 Å². The quantitative estimate of drug-likeness (QED) is 0.543. The Labute approximate surface area is 167 Å². The number of carbonyl (C=O) groups excluding carboxylic acids is 2. The number of anilines is 1. The number of hydrogen-bond acceptors (Lipinski definition) is 8. The monoisotopic (exact) mass is 405 g/mol. The zero-order chi connectivity index (χ0) is 21.0. The SMILES string of the molecule is CCOC(=O)N1CCN(c2ccc(C3=NNC(=O)CC3CO)cc2[N+](=O)[O-])CC1. The maximum absolute atomic E-state index is 11.8. The average molecular weight is 405 g/mol. The minimum Gasteiger partial charge on any atom is -0.450 e. The van der Waals surface area contributed by atoms with Gasteiger partial charge in [-0.2, -0.15) is 5.10 Å². The molecular weight excluding hydrogens is 382 g/mol. The van der Waals surface area contributed by atoms with Gasteiger partial charge in [0.15, 0.2) is 0 Å². The van der Waals surface area contributed by atoms with Gasteiger partial charge in [-0.25, -0.2) is 10.2 Å². The van der Waals surface area contributed by atoms with E-state index < -0.39 is 10.8 Å². The fourth-order valence-corrected chi connectivity index (χ4v) is 3.47. The lowest BCUT2D eigenvalue weighted by molar-refractivity contribution is -0.384. The molecule has 0 aromatic heterocycles. The molecule has 11 nitrogen and oxygen atoms in total. The number of carbonyl (C=O) groups is 2. The predicted molar refractivity (Wildman–Crippen MR) is 104 cm³/mol. The fraction of sp³-hybridized carbons (Fsp3) is 0.500. The number of nitro benzene ring substituents is 1. The average Bonchev–Trinajstić information content (AvgIpc) is 2.73. The smallest absolute Gasteiger partial charge is 0.409 e. The number of hydrogen-bond donors (Lipinski definition) is 2. The van der Waals surface area contributed by atoms with Gasteiger partial charge in [0.05, 0.1) is 23.8 Å². The van der Waals surface area contributed by atoms with E-state index in [1.165, 1.54) is 6.07 Å². The molecular formula is C18H23N5O6. The lowest BCUT2D eigenvalue weighted by Crippen LogP contribution is -2.49. The summed E-state index contributed by atoms with van der Waals surface area (Å²) in [4.78, 5) is 38.0. The second-order valence-electron chi connectivity index (χ2n) is 6.75. The number of piperazine rings is 1. The van der Waals surface area contributed by atoms with E-state index in [9.17, 15) is 24.8 Å². The number of nitrogens with zero attached hydrogens (tertiary/aromatic N) is 4. The lowest BCUT2D eigenvalue weighted by atomic mass is 9.92. The van der Waals surface area contributed by atoms with Crippen molar-refractivity contribution in [3.63, 3.8) is 0 Å². The Hall–Kier alpha value is -3.21. The number of nitrogens with one attached hydrogen (secondary N) is 1. The van der Waals surface area contributed by atoms with Crippen molar-refractivity contribution in [1.29, 1.82) is 0 Å². The van der Waals surface area contributed by atoms with E-state index in [0.717, 1.165) is 0 Å². The van der Waals surface area contributed by atoms with Crippen molar-refractivity contribution >= 4 is 29.1 Å². The van der Waals surface area contributed by atoms with Crippen LogP contribution in [0.2, 0.25) is 0 Å². The van der Waals surface area contributed by atoms with Gasteiger partial charge in [-0.1, -0.05) is 6.07 Å². The van der Waals surface area contributed by atoms with Gasteiger partial charge in [0.1, 0.15) is 5.69 Å². The number of ether oxygens (including phenoxy) is 1. The molecule has 0 radical (unpaired) electrons. The molecule has 3 rings (SSSR count). The van der Waals surface area contributed by atoms with Gasteiger partial charge in [-0.3, -0.25) is 14.9 Å². The molecule has 0 saturated carbocycles. The highest BCUT2D eigenvalue weighted by molar-refractivity contribution is 6.06. The Balaban J connectivity index is 1.82. The molecule has 156 valence electrons. The van der Waals surface area contributed by atoms with E-state index in [2.05, 4.69) is 10.5 Å². The number of rotatable bonds is 5. The van der Waals surface area contributed by atoms with Crippen molar-refractivity contribution in [2.24, 2.45) is 11.0 Å². The zero-order valence-corrected chi connectivity index (χ0v) is 16.0. The van der Waals surface area contributed by atoms with Crippen LogP contribution in [0.25, 0.3) is 0 Å². The van der Waals surface area contributed by atoms with Gasteiger partial charge in [0.25, 0.3) is 5.69 Å². The molecule has 0 aliphatic carbocycles. The van der Waals surface area contributed by atoms with Crippen molar-refractivity contribution in [3.8, 4) is 0 Å². The van der Waals surface area contributed by atoms with Crippen LogP contribution in [-0.4, -0.2) is 72.0 Å². The second-order valence-corrected chi connectivity index (χ2v) is 6.75. The van der Waals surface area contributed by atoms with E-state index in [4.69, 9.17) is 4.74 Å². The Morgan fingerprint density at radius 3 is 2.72 bits per heavy atom. The molecule has 1 atom stereocenters. The highest BCUT2D eigenvalue weighted by Crippen LogP contribution is 2.31. The Morgan fingerprint density at radius 1 is 1.38 bits per heavy atom. The third kappa shape index (κ3) is 4.45. The molecule has 2 aliphatic rings. The third-order valence-corrected chi connectivity index (χ3v) is 4.95. The van der Waals surface area contributed by atoms with Crippen LogP contribution in [0.15, 0.2) is 23.3 Å². The van der Waals surface area contributed by atoms with Gasteiger partial charge in [-0.05, 0) is 13.0 Å². The molecule has 0 spiro atoms. The van der Waals surface area contributed by atoms with Gasteiger partial charge in [0.2, 0.25) is 5.91 Å². The van der Waals surface area contributed by atoms with Crippen molar-refractivity contribution in [2.75, 3.05) is 44.3 Å². The molecule has 1 aromatic rings. The van der Waals surface area contributed by atoms with Crippen LogP contribution in [0.3, 0.4) is 0 Å². The first-order valence-electron chi connectivity index (χ1n) is 9.37. The molecule has 29 heavy (non-hydrogen) atoms. The summed E-state index contributed by atoms with van der Waals surface area (Å²) in [5, 5.41) is 25.2. The number of aliphatic hydroxyl groups excluding tert-OH is 1. The summed E-state index contributed by atoms with van der Waals surface area (Å²) in [5.41, 5.74) is 3.60. The standard InChI is InChI=1S/C18H23N5O6/c1-2-29-18(26)22-7-5-21(6-8-22)14-4-3-12(9-15(14)23(27)28)17-13(11-24)10-16(25)19-20-17/h3-4,9,13,24H,2,5-8,10-11H2,1H3,(H,19,25). The Kier molecular flexibility index (Phi) is 6.27. The highest BCUT2D eigenvalue weighted by Gasteiger charge is 2.30. The topological polar surface area (TPSA) is 138 Å². The van der Waals surface area contributed by atoms with E-state index in [1.54, 1.807) is 24.0 Å². The minimum atomic E-state index is -0.512. The normalized spacial score (nSPS) is 19.4. The van der Waals surface area contributed by atoms with Crippen molar-refractivity contribution in [3.05, 3.63) is 33.9 Å². The molecule has 1 fully saturated rings. The largest absolute Gasteiger partial charge is 0.450 e. The van der Waals surface area contributed by atoms with Crippen molar-refractivity contribution in [1.82, 2.24) is 10.3 Å². The Bertz CT molecular complexity index is 834. The second kappa shape index (κ2) is 8.86. The fourth-order valence-electron chi connectivity index (χ4n) is 3.47. The van der Waals surface area contributed by atoms with Gasteiger partial charge < -0.3 is 19.6 Å². The number of aliphatic hydroxyl groups is 1. The van der Waals surface area contributed by atoms with E-state index in [-0.39, 0.29) is 30.7 Å². The summed E-state index contributed by atoms with van der Waals surface area (Å²) < 4.78 is 4.99. The van der Waals surface area contributed by atoms with Crippen LogP contribution in [0.1, 0.15) is 18.9 Å².